The molecule has 1 amide bonds. The number of nitro groups is 1. The monoisotopic (exact) mass is 261 g/mol. The molecule has 0 bridgehead atoms. The molecule has 14 heavy (non-hydrogen) atoms. The number of nitrogens with one attached hydrogen (secondary N) is 1. The minimum atomic E-state index is -1.18. The van der Waals surface area contributed by atoms with Crippen LogP contribution in [0.2, 0.25) is 0 Å². The van der Waals surface area contributed by atoms with Crippen LogP contribution in [0.1, 0.15) is 0 Å². The van der Waals surface area contributed by atoms with Gasteiger partial charge in [-0.1, -0.05) is 0 Å². The summed E-state index contributed by atoms with van der Waals surface area (Å²) in [5.41, 5.74) is 2.14. The van der Waals surface area contributed by atoms with E-state index in [4.69, 9.17) is 0 Å². The molecule has 0 aromatic carbocycles. The lowest BCUT2D eigenvalue weighted by molar-refractivity contribution is -0.557. The highest BCUT2D eigenvalue weighted by Gasteiger charge is 2.41. The van der Waals surface area contributed by atoms with Gasteiger partial charge in [-0.2, -0.15) is 5.06 Å². The molecule has 0 radical (unpaired) electrons. The SMILES string of the molecule is O=C1NON2C1=C(Br)C=CC2[N+](=O)[O-]. The third-order valence-electron chi connectivity index (χ3n) is 1.77. The predicted molar refractivity (Wildman–Crippen MR) is 46.9 cm³/mol. The van der Waals surface area contributed by atoms with Crippen molar-refractivity contribution in [2.75, 3.05) is 0 Å². The number of amides is 1. The van der Waals surface area contributed by atoms with E-state index in [-0.39, 0.29) is 5.70 Å². The van der Waals surface area contributed by atoms with Crippen molar-refractivity contribution >= 4 is 21.8 Å². The summed E-state index contributed by atoms with van der Waals surface area (Å²) in [6.07, 6.45) is 1.59. The lowest BCUT2D eigenvalue weighted by Crippen LogP contribution is -2.38. The molecule has 8 heteroatoms. The van der Waals surface area contributed by atoms with E-state index in [2.05, 4.69) is 20.9 Å². The van der Waals surface area contributed by atoms with Crippen molar-refractivity contribution in [2.45, 2.75) is 6.17 Å². The van der Waals surface area contributed by atoms with Gasteiger partial charge in [0.25, 0.3) is 5.91 Å². The van der Waals surface area contributed by atoms with Crippen LogP contribution in [0.3, 0.4) is 0 Å². The molecule has 2 heterocycles. The highest BCUT2D eigenvalue weighted by Crippen LogP contribution is 2.28. The number of hydroxylamine groups is 3. The molecule has 1 unspecified atom stereocenters. The Morgan fingerprint density at radius 3 is 3.07 bits per heavy atom. The summed E-state index contributed by atoms with van der Waals surface area (Å²) in [6.45, 7) is 0. The van der Waals surface area contributed by atoms with Crippen molar-refractivity contribution in [3.8, 4) is 0 Å². The third kappa shape index (κ3) is 1.19. The number of fused-ring (bicyclic) bond motifs is 1. The molecule has 1 fully saturated rings. The maximum Gasteiger partial charge on any atom is 0.330 e. The Bertz CT molecular complexity index is 377. The van der Waals surface area contributed by atoms with E-state index in [1.807, 2.05) is 5.48 Å². The first kappa shape index (κ1) is 9.16. The van der Waals surface area contributed by atoms with Crippen molar-refractivity contribution < 1.29 is 14.7 Å². The van der Waals surface area contributed by atoms with E-state index in [0.29, 0.717) is 4.48 Å². The highest BCUT2D eigenvalue weighted by atomic mass is 79.9. The van der Waals surface area contributed by atoms with Crippen LogP contribution >= 0.6 is 15.9 Å². The van der Waals surface area contributed by atoms with Crippen molar-refractivity contribution in [2.24, 2.45) is 0 Å². The Hall–Kier alpha value is -1.41. The first-order chi connectivity index (χ1) is 6.61. The largest absolute Gasteiger partial charge is 0.330 e. The molecule has 0 aliphatic carbocycles. The number of hydrogen-bond donors (Lipinski definition) is 1. The molecule has 74 valence electrons. The topological polar surface area (TPSA) is 84.7 Å². The van der Waals surface area contributed by atoms with E-state index in [0.717, 1.165) is 5.06 Å². The summed E-state index contributed by atoms with van der Waals surface area (Å²) in [4.78, 5) is 25.8. The Kier molecular flexibility index (Phi) is 2.01. The van der Waals surface area contributed by atoms with Gasteiger partial charge in [0.1, 0.15) is 0 Å². The average Bonchev–Trinajstić information content (AvgIpc) is 2.49. The summed E-state index contributed by atoms with van der Waals surface area (Å²) >= 11 is 3.10. The molecule has 1 N–H and O–H groups in total. The second-order valence-electron chi connectivity index (χ2n) is 2.60. The lowest BCUT2D eigenvalue weighted by Gasteiger charge is -2.19. The number of halogens is 1. The Balaban J connectivity index is 2.41. The first-order valence-electron chi connectivity index (χ1n) is 3.59. The fraction of sp³-hybridized carbons (Fsp3) is 0.167. The van der Waals surface area contributed by atoms with Crippen LogP contribution in [0, 0.1) is 10.1 Å². The van der Waals surface area contributed by atoms with E-state index in [9.17, 15) is 14.9 Å². The van der Waals surface area contributed by atoms with Gasteiger partial charge in [-0.3, -0.25) is 14.9 Å². The number of rotatable bonds is 1. The fourth-order valence-corrected chi connectivity index (χ4v) is 1.68. The lowest BCUT2D eigenvalue weighted by atomic mass is 10.2. The minimum absolute atomic E-state index is 0.106. The van der Waals surface area contributed by atoms with Gasteiger partial charge in [-0.25, -0.2) is 5.48 Å². The zero-order chi connectivity index (χ0) is 10.3. The quantitative estimate of drug-likeness (QED) is 0.532. The van der Waals surface area contributed by atoms with Crippen LogP contribution in [0.4, 0.5) is 0 Å². The van der Waals surface area contributed by atoms with Crippen LogP contribution in [0.25, 0.3) is 0 Å². The van der Waals surface area contributed by atoms with Crippen LogP contribution in [-0.2, 0) is 9.73 Å². The highest BCUT2D eigenvalue weighted by molar-refractivity contribution is 9.11. The van der Waals surface area contributed by atoms with E-state index >= 15 is 0 Å². The van der Waals surface area contributed by atoms with Crippen LogP contribution < -0.4 is 5.48 Å². The van der Waals surface area contributed by atoms with Gasteiger partial charge in [-0.15, -0.1) is 4.94 Å². The van der Waals surface area contributed by atoms with Crippen LogP contribution in [0.15, 0.2) is 22.3 Å². The van der Waals surface area contributed by atoms with Gasteiger partial charge in [0.15, 0.2) is 5.70 Å². The van der Waals surface area contributed by atoms with E-state index in [1.165, 1.54) is 12.2 Å². The maximum atomic E-state index is 11.2. The molecule has 0 aromatic rings. The summed E-state index contributed by atoms with van der Waals surface area (Å²) in [6, 6.07) is 0. The maximum absolute atomic E-state index is 11.2. The molecule has 0 spiro atoms. The molecule has 7 nitrogen and oxygen atoms in total. The van der Waals surface area contributed by atoms with Crippen molar-refractivity contribution in [3.05, 3.63) is 32.4 Å². The molecule has 2 rings (SSSR count). The van der Waals surface area contributed by atoms with E-state index < -0.39 is 17.0 Å². The molecule has 0 saturated carbocycles. The van der Waals surface area contributed by atoms with Crippen molar-refractivity contribution in [3.63, 3.8) is 0 Å². The second kappa shape index (κ2) is 3.07. The number of carbonyl (C=O) groups is 1. The van der Waals surface area contributed by atoms with Gasteiger partial charge in [-0.05, 0) is 22.0 Å². The first-order valence-corrected chi connectivity index (χ1v) is 4.38. The van der Waals surface area contributed by atoms with Gasteiger partial charge in [0, 0.05) is 10.6 Å². The summed E-state index contributed by atoms with van der Waals surface area (Å²) in [5, 5.41) is 11.5. The number of carbonyl (C=O) groups excluding carboxylic acids is 1. The molecule has 2 aliphatic heterocycles. The average molecular weight is 262 g/mol. The summed E-state index contributed by atoms with van der Waals surface area (Å²) in [5.74, 6) is -0.506. The molecular formula is C6H4BrN3O4. The predicted octanol–water partition coefficient (Wildman–Crippen LogP) is 0.0439. The normalized spacial score (nSPS) is 25.1. The number of hydrogen-bond acceptors (Lipinski definition) is 5. The number of allylic oxidation sites excluding steroid dienone is 2. The van der Waals surface area contributed by atoms with Gasteiger partial charge < -0.3 is 0 Å². The summed E-state index contributed by atoms with van der Waals surface area (Å²) in [7, 11) is 0. The summed E-state index contributed by atoms with van der Waals surface area (Å²) < 4.78 is 0.450. The number of nitrogens with zero attached hydrogens (tertiary/aromatic N) is 2. The molecule has 0 aromatic heterocycles. The fourth-order valence-electron chi connectivity index (χ4n) is 1.17. The third-order valence-corrected chi connectivity index (χ3v) is 2.41. The molecule has 1 saturated heterocycles. The molecule has 2 aliphatic rings. The van der Waals surface area contributed by atoms with Crippen LogP contribution in [0.5, 0.6) is 0 Å². The Morgan fingerprint density at radius 2 is 2.43 bits per heavy atom. The zero-order valence-electron chi connectivity index (χ0n) is 6.64. The van der Waals surface area contributed by atoms with Gasteiger partial charge in [0.2, 0.25) is 0 Å². The molecular weight excluding hydrogens is 258 g/mol. The minimum Gasteiger partial charge on any atom is -0.265 e. The standard InChI is InChI=1S/C6H4BrN3O4/c7-3-1-2-4(10(12)13)9-5(3)6(11)8-14-9/h1-2,4H,(H,8,11). The molecule has 1 atom stereocenters. The van der Waals surface area contributed by atoms with Crippen LogP contribution in [-0.4, -0.2) is 22.1 Å². The smallest absolute Gasteiger partial charge is 0.265 e. The van der Waals surface area contributed by atoms with E-state index in [1.54, 1.807) is 0 Å². The Labute approximate surface area is 86.2 Å². The Morgan fingerprint density at radius 1 is 1.71 bits per heavy atom. The second-order valence-corrected chi connectivity index (χ2v) is 3.46. The van der Waals surface area contributed by atoms with Crippen molar-refractivity contribution in [1.29, 1.82) is 0 Å². The zero-order valence-corrected chi connectivity index (χ0v) is 8.22. The van der Waals surface area contributed by atoms with Crippen molar-refractivity contribution in [1.82, 2.24) is 10.5 Å². The van der Waals surface area contributed by atoms with Gasteiger partial charge >= 0.3 is 6.17 Å². The van der Waals surface area contributed by atoms with Gasteiger partial charge in [0.05, 0.1) is 4.92 Å².